The Balaban J connectivity index is 2.65. The summed E-state index contributed by atoms with van der Waals surface area (Å²) in [6, 6.07) is 3.94. The number of pyridine rings is 1. The maximum atomic E-state index is 8.94. The van der Waals surface area contributed by atoms with Gasteiger partial charge in [0.2, 0.25) is 0 Å². The molecule has 0 radical (unpaired) electrons. The molecule has 1 heterocycles. The Morgan fingerprint density at radius 2 is 2.27 bits per heavy atom. The average molecular weight is 209 g/mol. The van der Waals surface area contributed by atoms with Gasteiger partial charge < -0.3 is 16.2 Å². The first kappa shape index (κ1) is 11.8. The van der Waals surface area contributed by atoms with Gasteiger partial charge in [0.1, 0.15) is 5.82 Å². The van der Waals surface area contributed by atoms with Crippen LogP contribution in [0.25, 0.3) is 0 Å². The normalized spacial score (nSPS) is 12.8. The molecule has 84 valence electrons. The Morgan fingerprint density at radius 3 is 2.80 bits per heavy atom. The van der Waals surface area contributed by atoms with Gasteiger partial charge in [0.25, 0.3) is 0 Å². The van der Waals surface area contributed by atoms with Crippen molar-refractivity contribution in [2.75, 3.05) is 17.7 Å². The molecule has 0 bridgehead atoms. The number of nitrogens with zero attached hydrogens (tertiary/aromatic N) is 1. The molecule has 15 heavy (non-hydrogen) atoms. The highest BCUT2D eigenvalue weighted by Crippen LogP contribution is 2.15. The first-order valence-electron chi connectivity index (χ1n) is 5.22. The molecule has 1 aromatic rings. The van der Waals surface area contributed by atoms with Crippen LogP contribution in [0.15, 0.2) is 18.3 Å². The van der Waals surface area contributed by atoms with Crippen molar-refractivity contribution in [3.05, 3.63) is 18.3 Å². The zero-order chi connectivity index (χ0) is 11.3. The minimum Gasteiger partial charge on any atom is -0.396 e. The molecule has 0 aliphatic carbocycles. The monoisotopic (exact) mass is 209 g/mol. The highest BCUT2D eigenvalue weighted by Gasteiger charge is 2.12. The third kappa shape index (κ3) is 3.75. The number of nitrogens with two attached hydrogens (primary N) is 1. The fourth-order valence-corrected chi connectivity index (χ4v) is 1.46. The number of nitrogens with one attached hydrogen (secondary N) is 1. The van der Waals surface area contributed by atoms with E-state index >= 15 is 0 Å². The molecule has 0 aliphatic heterocycles. The number of nitrogen functional groups attached to an aromatic ring is 1. The van der Waals surface area contributed by atoms with E-state index in [0.29, 0.717) is 11.7 Å². The second kappa shape index (κ2) is 5.56. The molecule has 1 aromatic heterocycles. The Labute approximate surface area is 90.5 Å². The standard InChI is InChI=1S/C11H19N3O/c1-8(2)10(4-6-15)14-9-3-5-13-11(12)7-9/h3,5,7-8,10,15H,4,6H2,1-2H3,(H3,12,13,14). The fraction of sp³-hybridized carbons (Fsp3) is 0.545. The van der Waals surface area contributed by atoms with Crippen LogP contribution in [-0.4, -0.2) is 22.7 Å². The van der Waals surface area contributed by atoms with Gasteiger partial charge >= 0.3 is 0 Å². The van der Waals surface area contributed by atoms with Crippen molar-refractivity contribution in [1.29, 1.82) is 0 Å². The van der Waals surface area contributed by atoms with E-state index in [-0.39, 0.29) is 12.6 Å². The van der Waals surface area contributed by atoms with Gasteiger partial charge in [-0.1, -0.05) is 13.8 Å². The van der Waals surface area contributed by atoms with Crippen LogP contribution in [0.3, 0.4) is 0 Å². The molecule has 1 rings (SSSR count). The molecule has 1 atom stereocenters. The largest absolute Gasteiger partial charge is 0.396 e. The number of aromatic nitrogens is 1. The molecule has 0 aromatic carbocycles. The summed E-state index contributed by atoms with van der Waals surface area (Å²) in [5, 5.41) is 12.3. The van der Waals surface area contributed by atoms with E-state index in [1.54, 1.807) is 12.3 Å². The van der Waals surface area contributed by atoms with Gasteiger partial charge in [0.15, 0.2) is 0 Å². The number of aliphatic hydroxyl groups excluding tert-OH is 1. The van der Waals surface area contributed by atoms with Crippen LogP contribution in [0, 0.1) is 5.92 Å². The first-order chi connectivity index (χ1) is 7.13. The quantitative estimate of drug-likeness (QED) is 0.687. The molecular formula is C11H19N3O. The van der Waals surface area contributed by atoms with Crippen LogP contribution < -0.4 is 11.1 Å². The molecule has 0 fully saturated rings. The van der Waals surface area contributed by atoms with Crippen LogP contribution in [0.5, 0.6) is 0 Å². The Bertz CT molecular complexity index is 302. The van der Waals surface area contributed by atoms with Crippen molar-refractivity contribution in [2.45, 2.75) is 26.3 Å². The molecule has 0 aliphatic rings. The molecule has 4 heteroatoms. The molecular weight excluding hydrogens is 190 g/mol. The maximum Gasteiger partial charge on any atom is 0.125 e. The smallest absolute Gasteiger partial charge is 0.125 e. The summed E-state index contributed by atoms with van der Waals surface area (Å²) in [6.07, 6.45) is 2.41. The Morgan fingerprint density at radius 1 is 1.53 bits per heavy atom. The van der Waals surface area contributed by atoms with Crippen molar-refractivity contribution in [2.24, 2.45) is 5.92 Å². The topological polar surface area (TPSA) is 71.2 Å². The number of rotatable bonds is 5. The van der Waals surface area contributed by atoms with E-state index in [0.717, 1.165) is 12.1 Å². The molecule has 0 saturated heterocycles. The van der Waals surface area contributed by atoms with E-state index in [1.165, 1.54) is 0 Å². The zero-order valence-electron chi connectivity index (χ0n) is 9.27. The van der Waals surface area contributed by atoms with Crippen molar-refractivity contribution < 1.29 is 5.11 Å². The minimum absolute atomic E-state index is 0.191. The lowest BCUT2D eigenvalue weighted by Crippen LogP contribution is -2.26. The van der Waals surface area contributed by atoms with E-state index in [4.69, 9.17) is 10.8 Å². The number of anilines is 2. The molecule has 4 nitrogen and oxygen atoms in total. The van der Waals surface area contributed by atoms with Gasteiger partial charge in [-0.25, -0.2) is 4.98 Å². The molecule has 4 N–H and O–H groups in total. The van der Waals surface area contributed by atoms with Gasteiger partial charge in [-0.2, -0.15) is 0 Å². The van der Waals surface area contributed by atoms with Crippen LogP contribution in [-0.2, 0) is 0 Å². The van der Waals surface area contributed by atoms with E-state index in [9.17, 15) is 0 Å². The van der Waals surface area contributed by atoms with Gasteiger partial charge in [-0.05, 0) is 18.4 Å². The summed E-state index contributed by atoms with van der Waals surface area (Å²) in [7, 11) is 0. The van der Waals surface area contributed by atoms with Crippen molar-refractivity contribution in [3.8, 4) is 0 Å². The summed E-state index contributed by atoms with van der Waals surface area (Å²) in [5.74, 6) is 0.970. The summed E-state index contributed by atoms with van der Waals surface area (Å²) in [5.41, 5.74) is 6.54. The second-order valence-electron chi connectivity index (χ2n) is 3.98. The third-order valence-electron chi connectivity index (χ3n) is 2.38. The number of hydrogen-bond acceptors (Lipinski definition) is 4. The van der Waals surface area contributed by atoms with E-state index < -0.39 is 0 Å². The van der Waals surface area contributed by atoms with Gasteiger partial charge in [0.05, 0.1) is 0 Å². The molecule has 0 saturated carbocycles. The Kier molecular flexibility index (Phi) is 4.37. The predicted molar refractivity (Wildman–Crippen MR) is 62.6 cm³/mol. The SMILES string of the molecule is CC(C)C(CCO)Nc1ccnc(N)c1. The van der Waals surface area contributed by atoms with Crippen LogP contribution in [0.2, 0.25) is 0 Å². The lowest BCUT2D eigenvalue weighted by molar-refractivity contribution is 0.267. The maximum absolute atomic E-state index is 8.94. The van der Waals surface area contributed by atoms with Crippen molar-refractivity contribution in [3.63, 3.8) is 0 Å². The first-order valence-corrected chi connectivity index (χ1v) is 5.22. The lowest BCUT2D eigenvalue weighted by Gasteiger charge is -2.22. The highest BCUT2D eigenvalue weighted by molar-refractivity contribution is 5.50. The van der Waals surface area contributed by atoms with E-state index in [2.05, 4.69) is 24.1 Å². The van der Waals surface area contributed by atoms with Gasteiger partial charge in [0, 0.05) is 30.6 Å². The van der Waals surface area contributed by atoms with Crippen LogP contribution in [0.4, 0.5) is 11.5 Å². The summed E-state index contributed by atoms with van der Waals surface area (Å²) in [6.45, 7) is 4.44. The number of aliphatic hydroxyl groups is 1. The lowest BCUT2D eigenvalue weighted by atomic mass is 10.0. The van der Waals surface area contributed by atoms with Crippen LogP contribution in [0.1, 0.15) is 20.3 Å². The average Bonchev–Trinajstić information content (AvgIpc) is 2.17. The van der Waals surface area contributed by atoms with Crippen molar-refractivity contribution in [1.82, 2.24) is 4.98 Å². The van der Waals surface area contributed by atoms with Gasteiger partial charge in [-0.3, -0.25) is 0 Å². The summed E-state index contributed by atoms with van der Waals surface area (Å²) < 4.78 is 0. The fourth-order valence-electron chi connectivity index (χ4n) is 1.46. The minimum atomic E-state index is 0.191. The second-order valence-corrected chi connectivity index (χ2v) is 3.98. The third-order valence-corrected chi connectivity index (χ3v) is 2.38. The van der Waals surface area contributed by atoms with Gasteiger partial charge in [-0.15, -0.1) is 0 Å². The predicted octanol–water partition coefficient (Wildman–Crippen LogP) is 1.48. The van der Waals surface area contributed by atoms with Crippen LogP contribution >= 0.6 is 0 Å². The van der Waals surface area contributed by atoms with Crippen molar-refractivity contribution >= 4 is 11.5 Å². The molecule has 0 spiro atoms. The highest BCUT2D eigenvalue weighted by atomic mass is 16.3. The van der Waals surface area contributed by atoms with E-state index in [1.807, 2.05) is 6.07 Å². The molecule has 0 amide bonds. The number of hydrogen-bond donors (Lipinski definition) is 3. The summed E-state index contributed by atoms with van der Waals surface area (Å²) in [4.78, 5) is 3.93. The Hall–Kier alpha value is -1.29. The summed E-state index contributed by atoms with van der Waals surface area (Å²) >= 11 is 0. The zero-order valence-corrected chi connectivity index (χ0v) is 9.27. The molecule has 1 unspecified atom stereocenters.